The molecule has 0 aliphatic carbocycles. The predicted molar refractivity (Wildman–Crippen MR) is 135 cm³/mol. The fourth-order valence-electron chi connectivity index (χ4n) is 2.85. The molecule has 0 radical (unpaired) electrons. The molecule has 0 spiro atoms. The average molecular weight is 452 g/mol. The highest BCUT2D eigenvalue weighted by atomic mass is 16.4. The van der Waals surface area contributed by atoms with Crippen molar-refractivity contribution in [1.82, 2.24) is 5.32 Å². The topological polar surface area (TPSA) is 83.5 Å². The van der Waals surface area contributed by atoms with Crippen LogP contribution in [-0.4, -0.2) is 22.9 Å². The van der Waals surface area contributed by atoms with Crippen LogP contribution in [-0.2, 0) is 14.4 Å². The minimum Gasteiger partial charge on any atom is -0.481 e. The standard InChI is InChI=1S/C18H34O2.C5H10.C4H5NO2/c1-2-3-4-5-6-7-8-9-10-11-12-13-14-15-16-17-18(19)20;1-4-5(2)3;6-3-1-2-4(7)5-3/h9-10H,2-8,11-17H2,1H3,(H,19,20);4H,1-3H3;1-2H2,(H,5,6,7)/b10-9-;;. The Morgan fingerprint density at radius 1 is 0.812 bits per heavy atom. The Morgan fingerprint density at radius 2 is 1.22 bits per heavy atom. The van der Waals surface area contributed by atoms with E-state index < -0.39 is 5.97 Å². The van der Waals surface area contributed by atoms with Gasteiger partial charge < -0.3 is 5.11 Å². The maximum atomic E-state index is 10.3. The number of allylic oxidation sites excluding steroid dienone is 4. The van der Waals surface area contributed by atoms with Gasteiger partial charge in [-0.15, -0.1) is 0 Å². The molecule has 0 saturated carbocycles. The van der Waals surface area contributed by atoms with Gasteiger partial charge in [0.05, 0.1) is 0 Å². The molecular weight excluding hydrogens is 402 g/mol. The number of hydrogen-bond donors (Lipinski definition) is 2. The van der Waals surface area contributed by atoms with Gasteiger partial charge in [0.25, 0.3) is 0 Å². The number of hydrogen-bond acceptors (Lipinski definition) is 3. The number of unbranched alkanes of at least 4 members (excludes halogenated alkanes) is 11. The Hall–Kier alpha value is -1.91. The third-order valence-corrected chi connectivity index (χ3v) is 5.09. The first kappa shape index (κ1) is 32.3. The molecule has 1 saturated heterocycles. The second kappa shape index (κ2) is 25.4. The van der Waals surface area contributed by atoms with Gasteiger partial charge in [0.1, 0.15) is 0 Å². The van der Waals surface area contributed by atoms with Gasteiger partial charge >= 0.3 is 5.97 Å². The molecule has 0 unspecified atom stereocenters. The molecule has 0 aromatic carbocycles. The minimum atomic E-state index is -0.664. The maximum absolute atomic E-state index is 10.3. The number of nitrogens with one attached hydrogen (secondary N) is 1. The van der Waals surface area contributed by atoms with Crippen LogP contribution in [0.3, 0.4) is 0 Å². The Labute approximate surface area is 197 Å². The summed E-state index contributed by atoms with van der Waals surface area (Å²) in [6.07, 6.45) is 24.1. The summed E-state index contributed by atoms with van der Waals surface area (Å²) in [5.74, 6) is -0.961. The van der Waals surface area contributed by atoms with Gasteiger partial charge in [-0.3, -0.25) is 19.7 Å². The van der Waals surface area contributed by atoms with Gasteiger partial charge in [0, 0.05) is 19.3 Å². The maximum Gasteiger partial charge on any atom is 0.303 e. The fourth-order valence-corrected chi connectivity index (χ4v) is 2.85. The summed E-state index contributed by atoms with van der Waals surface area (Å²) in [6.45, 7) is 8.46. The lowest BCUT2D eigenvalue weighted by Crippen LogP contribution is -2.18. The van der Waals surface area contributed by atoms with Crippen LogP contribution >= 0.6 is 0 Å². The average Bonchev–Trinajstić information content (AvgIpc) is 3.14. The van der Waals surface area contributed by atoms with Gasteiger partial charge in [0.15, 0.2) is 0 Å². The van der Waals surface area contributed by atoms with Crippen molar-refractivity contribution in [3.8, 4) is 0 Å². The van der Waals surface area contributed by atoms with Gasteiger partial charge in [-0.05, 0) is 52.9 Å². The van der Waals surface area contributed by atoms with Crippen LogP contribution in [0.15, 0.2) is 23.8 Å². The van der Waals surface area contributed by atoms with Crippen molar-refractivity contribution in [2.75, 3.05) is 0 Å². The Morgan fingerprint density at radius 3 is 1.56 bits per heavy atom. The lowest BCUT2D eigenvalue weighted by Gasteiger charge is -1.99. The molecule has 5 heteroatoms. The summed E-state index contributed by atoms with van der Waals surface area (Å²) in [7, 11) is 0. The normalized spacial score (nSPS) is 12.5. The van der Waals surface area contributed by atoms with Gasteiger partial charge in [0.2, 0.25) is 11.8 Å². The SMILES string of the molecule is CC=C(C)C.CCCCCCCC/C=C\CCCCCCCC(=O)O.O=C1CCC(=O)N1. The number of carboxylic acid groups (broad SMARTS) is 1. The largest absolute Gasteiger partial charge is 0.481 e. The number of carbonyl (C=O) groups is 3. The number of imide groups is 1. The first-order chi connectivity index (χ1) is 15.3. The second-order valence-corrected chi connectivity index (χ2v) is 8.57. The van der Waals surface area contributed by atoms with E-state index in [1.165, 1.54) is 76.2 Å². The van der Waals surface area contributed by atoms with Gasteiger partial charge in [-0.25, -0.2) is 0 Å². The van der Waals surface area contributed by atoms with Crippen molar-refractivity contribution >= 4 is 17.8 Å². The summed E-state index contributed by atoms with van der Waals surface area (Å²) in [5.41, 5.74) is 1.38. The Kier molecular flexibility index (Phi) is 25.6. The van der Waals surface area contributed by atoms with Crippen molar-refractivity contribution < 1.29 is 19.5 Å². The molecular formula is C27H49NO4. The van der Waals surface area contributed by atoms with E-state index in [0.29, 0.717) is 19.3 Å². The highest BCUT2D eigenvalue weighted by molar-refractivity contribution is 6.01. The first-order valence-electron chi connectivity index (χ1n) is 12.6. The van der Waals surface area contributed by atoms with Crippen LogP contribution in [0.1, 0.15) is 130 Å². The third-order valence-electron chi connectivity index (χ3n) is 5.09. The van der Waals surface area contributed by atoms with Gasteiger partial charge in [-0.1, -0.05) is 82.1 Å². The van der Waals surface area contributed by atoms with Crippen LogP contribution in [0.4, 0.5) is 0 Å². The number of carboxylic acids is 1. The molecule has 186 valence electrons. The smallest absolute Gasteiger partial charge is 0.303 e. The van der Waals surface area contributed by atoms with Crippen LogP contribution in [0.25, 0.3) is 0 Å². The number of amides is 2. The van der Waals surface area contributed by atoms with E-state index in [0.717, 1.165) is 12.8 Å². The van der Waals surface area contributed by atoms with Crippen molar-refractivity contribution in [2.45, 2.75) is 130 Å². The summed E-state index contributed by atoms with van der Waals surface area (Å²) in [6, 6.07) is 0. The van der Waals surface area contributed by atoms with Crippen molar-refractivity contribution in [3.63, 3.8) is 0 Å². The predicted octanol–water partition coefficient (Wildman–Crippen LogP) is 7.50. The lowest BCUT2D eigenvalue weighted by atomic mass is 10.1. The highest BCUT2D eigenvalue weighted by Crippen LogP contribution is 2.09. The Balaban J connectivity index is 0. The van der Waals surface area contributed by atoms with E-state index in [9.17, 15) is 14.4 Å². The van der Waals surface area contributed by atoms with Crippen molar-refractivity contribution in [3.05, 3.63) is 23.8 Å². The molecule has 0 aromatic rings. The van der Waals surface area contributed by atoms with Crippen LogP contribution in [0, 0.1) is 0 Å². The Bertz CT molecular complexity index is 520. The molecule has 1 heterocycles. The molecule has 0 bridgehead atoms. The molecule has 5 nitrogen and oxygen atoms in total. The molecule has 1 rings (SSSR count). The summed E-state index contributed by atoms with van der Waals surface area (Å²) < 4.78 is 0. The van der Waals surface area contributed by atoms with E-state index >= 15 is 0 Å². The summed E-state index contributed by atoms with van der Waals surface area (Å²) in [5, 5.41) is 10.6. The van der Waals surface area contributed by atoms with E-state index in [2.05, 4.69) is 44.3 Å². The first-order valence-corrected chi connectivity index (χ1v) is 12.6. The molecule has 1 aliphatic heterocycles. The second-order valence-electron chi connectivity index (χ2n) is 8.57. The zero-order valence-electron chi connectivity index (χ0n) is 21.2. The summed E-state index contributed by atoms with van der Waals surface area (Å²) >= 11 is 0. The molecule has 2 N–H and O–H groups in total. The molecule has 0 atom stereocenters. The van der Waals surface area contributed by atoms with Crippen LogP contribution < -0.4 is 5.32 Å². The molecule has 1 fully saturated rings. The van der Waals surface area contributed by atoms with Crippen molar-refractivity contribution in [2.24, 2.45) is 0 Å². The fraction of sp³-hybridized carbons (Fsp3) is 0.741. The highest BCUT2D eigenvalue weighted by Gasteiger charge is 2.15. The monoisotopic (exact) mass is 451 g/mol. The van der Waals surface area contributed by atoms with E-state index in [4.69, 9.17) is 5.11 Å². The van der Waals surface area contributed by atoms with Crippen molar-refractivity contribution in [1.29, 1.82) is 0 Å². The zero-order chi connectivity index (χ0) is 24.5. The van der Waals surface area contributed by atoms with Crippen LogP contribution in [0.5, 0.6) is 0 Å². The molecule has 1 aliphatic rings. The number of aliphatic carboxylic acids is 1. The number of rotatable bonds is 15. The van der Waals surface area contributed by atoms with Crippen LogP contribution in [0.2, 0.25) is 0 Å². The molecule has 0 aromatic heterocycles. The third kappa shape index (κ3) is 30.3. The number of carbonyl (C=O) groups excluding carboxylic acids is 2. The molecule has 2 amide bonds. The molecule has 32 heavy (non-hydrogen) atoms. The quantitative estimate of drug-likeness (QED) is 0.153. The van der Waals surface area contributed by atoms with E-state index in [-0.39, 0.29) is 11.8 Å². The lowest BCUT2D eigenvalue weighted by molar-refractivity contribution is -0.137. The minimum absolute atomic E-state index is 0.148. The zero-order valence-corrected chi connectivity index (χ0v) is 21.2. The summed E-state index contributed by atoms with van der Waals surface area (Å²) in [4.78, 5) is 30.6. The van der Waals surface area contributed by atoms with Gasteiger partial charge in [-0.2, -0.15) is 0 Å². The van der Waals surface area contributed by atoms with E-state index in [1.807, 2.05) is 6.92 Å². The van der Waals surface area contributed by atoms with E-state index in [1.54, 1.807) is 0 Å².